The van der Waals surface area contributed by atoms with E-state index in [9.17, 15) is 35.9 Å². The highest BCUT2D eigenvalue weighted by Crippen LogP contribution is 2.45. The first-order chi connectivity index (χ1) is 19.2. The maximum Gasteiger partial charge on any atom is 0.416 e. The lowest BCUT2D eigenvalue weighted by Crippen LogP contribution is -2.47. The first-order valence-corrected chi connectivity index (χ1v) is 13.8. The first kappa shape index (κ1) is 32.2. The molecule has 0 bridgehead atoms. The number of hydrogen-bond donors (Lipinski definition) is 0. The summed E-state index contributed by atoms with van der Waals surface area (Å²) in [5.74, 6) is 0.946. The van der Waals surface area contributed by atoms with E-state index < -0.39 is 59.9 Å². The van der Waals surface area contributed by atoms with Gasteiger partial charge in [-0.2, -0.15) is 38.1 Å². The van der Waals surface area contributed by atoms with E-state index in [1.165, 1.54) is 23.8 Å². The van der Waals surface area contributed by atoms with E-state index in [0.29, 0.717) is 34.9 Å². The van der Waals surface area contributed by atoms with Crippen LogP contribution in [-0.2, 0) is 34.1 Å². The zero-order chi connectivity index (χ0) is 30.7. The summed E-state index contributed by atoms with van der Waals surface area (Å²) in [6.07, 6.45) is -9.78. The van der Waals surface area contributed by atoms with Gasteiger partial charge in [0, 0.05) is 29.5 Å². The number of halogens is 6. The summed E-state index contributed by atoms with van der Waals surface area (Å²) in [6, 6.07) is 3.04. The molecule has 0 unspecified atom stereocenters. The van der Waals surface area contributed by atoms with Gasteiger partial charge in [0.25, 0.3) is 0 Å². The summed E-state index contributed by atoms with van der Waals surface area (Å²) in [5.41, 5.74) is -1.89. The zero-order valence-corrected chi connectivity index (χ0v) is 23.8. The number of fused-ring (bicyclic) bond motifs is 1. The van der Waals surface area contributed by atoms with Crippen molar-refractivity contribution in [1.82, 2.24) is 4.90 Å². The molecule has 0 radical (unpaired) electrons. The van der Waals surface area contributed by atoms with Crippen LogP contribution in [0.25, 0.3) is 0 Å². The quantitative estimate of drug-likeness (QED) is 0.301. The molecular weight excluding hydrogens is 578 g/mol. The smallest absolute Gasteiger partial charge is 0.416 e. The molecule has 2 atom stereocenters. The Morgan fingerprint density at radius 2 is 1.63 bits per heavy atom. The molecule has 2 aromatic carbocycles. The van der Waals surface area contributed by atoms with Crippen LogP contribution in [0.15, 0.2) is 30.3 Å². The Labute approximate surface area is 237 Å². The number of nitrogens with zero attached hydrogens (tertiary/aromatic N) is 2. The van der Waals surface area contributed by atoms with Crippen LogP contribution in [0.2, 0.25) is 0 Å². The number of thioether (sulfide) groups is 1. The third-order valence-corrected chi connectivity index (χ3v) is 7.20. The van der Waals surface area contributed by atoms with Gasteiger partial charge in [0.1, 0.15) is 5.75 Å². The molecule has 2 aromatic rings. The average Bonchev–Trinajstić information content (AvgIpc) is 2.89. The predicted octanol–water partition coefficient (Wildman–Crippen LogP) is 7.66. The molecule has 0 spiro atoms. The number of amides is 2. The summed E-state index contributed by atoms with van der Waals surface area (Å²) in [5, 5.41) is 0. The van der Waals surface area contributed by atoms with Crippen LogP contribution in [0.5, 0.6) is 5.75 Å². The normalized spacial score (nSPS) is 17.1. The van der Waals surface area contributed by atoms with Gasteiger partial charge in [-0.1, -0.05) is 0 Å². The Balaban J connectivity index is 2.21. The van der Waals surface area contributed by atoms with Crippen LogP contribution in [0.4, 0.5) is 41.6 Å². The Hall–Kier alpha value is -3.29. The highest BCUT2D eigenvalue weighted by molar-refractivity contribution is 7.97. The van der Waals surface area contributed by atoms with Gasteiger partial charge >= 0.3 is 24.5 Å². The molecule has 0 aromatic heterocycles. The van der Waals surface area contributed by atoms with Crippen LogP contribution in [-0.4, -0.2) is 50.2 Å². The van der Waals surface area contributed by atoms with Gasteiger partial charge in [-0.25, -0.2) is 9.59 Å². The van der Waals surface area contributed by atoms with Crippen molar-refractivity contribution in [2.24, 2.45) is 0 Å². The van der Waals surface area contributed by atoms with E-state index in [0.717, 1.165) is 17.6 Å². The molecule has 41 heavy (non-hydrogen) atoms. The van der Waals surface area contributed by atoms with Gasteiger partial charge in [0.15, 0.2) is 0 Å². The van der Waals surface area contributed by atoms with Gasteiger partial charge in [0.2, 0.25) is 0 Å². The monoisotopic (exact) mass is 608 g/mol. The van der Waals surface area contributed by atoms with Crippen molar-refractivity contribution in [2.75, 3.05) is 32.0 Å². The van der Waals surface area contributed by atoms with Gasteiger partial charge in [0.05, 0.1) is 43.7 Å². The Morgan fingerprint density at radius 1 is 1.02 bits per heavy atom. The standard InChI is InChI=1S/C27H30F6N2O5S/c1-6-40-25(37)35-15(2)7-21(20-12-23(38-3)17(14-41-5)10-22(20)35)34(24(36)39-4)13-16-8-18(26(28,29)30)11-19(9-16)27(31,32)33/h8-12,15,21H,6-7,13-14H2,1-5H3/t15-,21+/m1/s1. The Bertz CT molecular complexity index is 1240. The number of rotatable bonds is 7. The van der Waals surface area contributed by atoms with Crippen molar-refractivity contribution >= 4 is 29.6 Å². The SMILES string of the molecule is CCOC(=O)N1c2cc(CSC)c(OC)cc2[C@@H](N(Cc2cc(C(F)(F)F)cc(C(F)(F)F)c2)C(=O)OC)C[C@H]1C. The van der Waals surface area contributed by atoms with Crippen LogP contribution in [0, 0.1) is 0 Å². The maximum atomic E-state index is 13.5. The average molecular weight is 609 g/mol. The molecule has 1 heterocycles. The second-order valence-corrected chi connectivity index (χ2v) is 10.2. The van der Waals surface area contributed by atoms with Gasteiger partial charge in [-0.15, -0.1) is 0 Å². The minimum atomic E-state index is -5.06. The molecule has 0 N–H and O–H groups in total. The third kappa shape index (κ3) is 7.14. The molecule has 3 rings (SSSR count). The summed E-state index contributed by atoms with van der Waals surface area (Å²) in [4.78, 5) is 28.5. The van der Waals surface area contributed by atoms with Crippen LogP contribution in [0.1, 0.15) is 54.1 Å². The largest absolute Gasteiger partial charge is 0.496 e. The van der Waals surface area contributed by atoms with Crippen molar-refractivity contribution in [3.05, 3.63) is 58.1 Å². The lowest BCUT2D eigenvalue weighted by molar-refractivity contribution is -0.143. The molecule has 1 aliphatic rings. The Kier molecular flexibility index (Phi) is 9.98. The summed E-state index contributed by atoms with van der Waals surface area (Å²) in [6.45, 7) is 2.81. The van der Waals surface area contributed by atoms with E-state index in [1.807, 2.05) is 6.26 Å². The molecule has 0 aliphatic carbocycles. The molecule has 0 saturated carbocycles. The summed E-state index contributed by atoms with van der Waals surface area (Å²) >= 11 is 1.50. The molecule has 7 nitrogen and oxygen atoms in total. The number of carbonyl (C=O) groups is 2. The number of alkyl halides is 6. The van der Waals surface area contributed by atoms with Crippen molar-refractivity contribution in [3.63, 3.8) is 0 Å². The molecule has 226 valence electrons. The molecule has 0 fully saturated rings. The maximum absolute atomic E-state index is 13.5. The van der Waals surface area contributed by atoms with E-state index in [4.69, 9.17) is 14.2 Å². The summed E-state index contributed by atoms with van der Waals surface area (Å²) in [7, 11) is 2.50. The van der Waals surface area contributed by atoms with Gasteiger partial charge in [-0.3, -0.25) is 9.80 Å². The minimum absolute atomic E-state index is 0.0271. The predicted molar refractivity (Wildman–Crippen MR) is 141 cm³/mol. The lowest BCUT2D eigenvalue weighted by atomic mass is 9.89. The fourth-order valence-electron chi connectivity index (χ4n) is 4.85. The van der Waals surface area contributed by atoms with Crippen molar-refractivity contribution < 1.29 is 50.1 Å². The fraction of sp³-hybridized carbons (Fsp3) is 0.481. The highest BCUT2D eigenvalue weighted by Gasteiger charge is 2.41. The number of benzene rings is 2. The number of anilines is 1. The molecule has 14 heteroatoms. The van der Waals surface area contributed by atoms with Gasteiger partial charge in [-0.05, 0) is 62.4 Å². The van der Waals surface area contributed by atoms with Crippen molar-refractivity contribution in [2.45, 2.75) is 57.0 Å². The van der Waals surface area contributed by atoms with Crippen LogP contribution in [0.3, 0.4) is 0 Å². The van der Waals surface area contributed by atoms with Crippen molar-refractivity contribution in [3.8, 4) is 5.75 Å². The third-order valence-electron chi connectivity index (χ3n) is 6.60. The second-order valence-electron chi connectivity index (χ2n) is 9.34. The molecule has 0 saturated heterocycles. The molecule has 1 aliphatic heterocycles. The van der Waals surface area contributed by atoms with Crippen LogP contribution < -0.4 is 9.64 Å². The highest BCUT2D eigenvalue weighted by atomic mass is 32.2. The first-order valence-electron chi connectivity index (χ1n) is 12.4. The number of carbonyl (C=O) groups excluding carboxylic acids is 2. The van der Waals surface area contributed by atoms with E-state index in [2.05, 4.69) is 0 Å². The number of methoxy groups -OCH3 is 2. The fourth-order valence-corrected chi connectivity index (χ4v) is 5.38. The van der Waals surface area contributed by atoms with Crippen molar-refractivity contribution in [1.29, 1.82) is 0 Å². The minimum Gasteiger partial charge on any atom is -0.496 e. The van der Waals surface area contributed by atoms with E-state index >= 15 is 0 Å². The van der Waals surface area contributed by atoms with Crippen LogP contribution >= 0.6 is 11.8 Å². The number of hydrogen-bond acceptors (Lipinski definition) is 6. The van der Waals surface area contributed by atoms with Gasteiger partial charge < -0.3 is 14.2 Å². The topological polar surface area (TPSA) is 68.3 Å². The van der Waals surface area contributed by atoms with E-state index in [1.54, 1.807) is 26.0 Å². The second kappa shape index (κ2) is 12.7. The Morgan fingerprint density at radius 3 is 2.12 bits per heavy atom. The summed E-state index contributed by atoms with van der Waals surface area (Å²) < 4.78 is 96.9. The zero-order valence-electron chi connectivity index (χ0n) is 23.0. The lowest BCUT2D eigenvalue weighted by Gasteiger charge is -2.43. The molecule has 2 amide bonds. The molecular formula is C27H30F6N2O5S. The van der Waals surface area contributed by atoms with E-state index in [-0.39, 0.29) is 19.1 Å². The number of ether oxygens (including phenoxy) is 3.